The molecule has 5 heteroatoms. The molecule has 0 spiro atoms. The summed E-state index contributed by atoms with van der Waals surface area (Å²) in [6, 6.07) is 12.9. The summed E-state index contributed by atoms with van der Waals surface area (Å²) >= 11 is 0. The minimum absolute atomic E-state index is 0.152. The lowest BCUT2D eigenvalue weighted by atomic mass is 10.1. The predicted molar refractivity (Wildman–Crippen MR) is 84.8 cm³/mol. The molecule has 0 aliphatic heterocycles. The summed E-state index contributed by atoms with van der Waals surface area (Å²) in [4.78, 5) is 26.8. The monoisotopic (exact) mass is 311 g/mol. The summed E-state index contributed by atoms with van der Waals surface area (Å²) in [5.41, 5.74) is 1.54. The molecule has 0 unspecified atom stereocenters. The summed E-state index contributed by atoms with van der Waals surface area (Å²) in [5.74, 6) is -1.45. The second kappa shape index (κ2) is 6.04. The smallest absolute Gasteiger partial charge is 0.341 e. The molecule has 0 amide bonds. The summed E-state index contributed by atoms with van der Waals surface area (Å²) in [6.45, 7) is 1.68. The van der Waals surface area contributed by atoms with E-state index in [-0.39, 0.29) is 17.7 Å². The molecule has 23 heavy (non-hydrogen) atoms. The number of pyridine rings is 1. The first-order chi connectivity index (χ1) is 11.1. The van der Waals surface area contributed by atoms with Gasteiger partial charge in [-0.25, -0.2) is 9.18 Å². The molecule has 0 aliphatic carbocycles. The molecular formula is C18H14FNO3. The third-order valence-corrected chi connectivity index (χ3v) is 3.62. The average molecular weight is 311 g/mol. The second-order valence-electron chi connectivity index (χ2n) is 5.22. The number of para-hydroxylation sites is 1. The van der Waals surface area contributed by atoms with E-state index in [9.17, 15) is 14.0 Å². The number of hydrogen-bond acceptors (Lipinski definition) is 3. The number of aromatic nitrogens is 1. The molecule has 0 saturated carbocycles. The van der Waals surface area contributed by atoms with Gasteiger partial charge in [0.05, 0.1) is 16.6 Å². The highest BCUT2D eigenvalue weighted by Crippen LogP contribution is 2.16. The van der Waals surface area contributed by atoms with Gasteiger partial charge in [0, 0.05) is 0 Å². The maximum absolute atomic E-state index is 13.5. The van der Waals surface area contributed by atoms with E-state index in [0.29, 0.717) is 5.56 Å². The number of nitrogens with one attached hydrogen (secondary N) is 1. The van der Waals surface area contributed by atoms with Gasteiger partial charge in [0.1, 0.15) is 12.4 Å². The highest BCUT2D eigenvalue weighted by molar-refractivity contribution is 5.89. The lowest BCUT2D eigenvalue weighted by molar-refractivity contribution is 0.0466. The van der Waals surface area contributed by atoms with Crippen LogP contribution in [0, 0.1) is 12.7 Å². The Morgan fingerprint density at radius 1 is 1.17 bits per heavy atom. The van der Waals surface area contributed by atoms with E-state index in [4.69, 9.17) is 4.74 Å². The maximum Gasteiger partial charge on any atom is 0.341 e. The van der Waals surface area contributed by atoms with Crippen molar-refractivity contribution in [2.24, 2.45) is 0 Å². The fraction of sp³-hybridized carbons (Fsp3) is 0.111. The molecule has 1 N–H and O–H groups in total. The van der Waals surface area contributed by atoms with Crippen LogP contribution in [0.1, 0.15) is 21.5 Å². The van der Waals surface area contributed by atoms with Gasteiger partial charge >= 0.3 is 5.97 Å². The third kappa shape index (κ3) is 2.99. The van der Waals surface area contributed by atoms with Crippen LogP contribution in [0.5, 0.6) is 0 Å². The number of halogens is 1. The van der Waals surface area contributed by atoms with Crippen LogP contribution in [0.4, 0.5) is 4.39 Å². The standard InChI is InChI=1S/C18H14FNO3/c1-11-5-4-6-12-9-13(17(21)20-16(11)12)10-23-18(22)14-7-2-3-8-15(14)19/h2-9H,10H2,1H3,(H,20,21). The molecule has 3 aromatic rings. The summed E-state index contributed by atoms with van der Waals surface area (Å²) < 4.78 is 18.6. The molecule has 1 heterocycles. The summed E-state index contributed by atoms with van der Waals surface area (Å²) in [5, 5.41) is 0.849. The lowest BCUT2D eigenvalue weighted by Gasteiger charge is -2.07. The zero-order chi connectivity index (χ0) is 16.4. The van der Waals surface area contributed by atoms with E-state index in [1.165, 1.54) is 18.2 Å². The van der Waals surface area contributed by atoms with Crippen molar-refractivity contribution in [1.29, 1.82) is 0 Å². The van der Waals surface area contributed by atoms with E-state index in [1.54, 1.807) is 12.1 Å². The van der Waals surface area contributed by atoms with Gasteiger partial charge in [0.15, 0.2) is 0 Å². The van der Waals surface area contributed by atoms with Crippen molar-refractivity contribution < 1.29 is 13.9 Å². The predicted octanol–water partition coefficient (Wildman–Crippen LogP) is 3.33. The van der Waals surface area contributed by atoms with Crippen LogP contribution >= 0.6 is 0 Å². The van der Waals surface area contributed by atoms with Crippen LogP contribution in [0.25, 0.3) is 10.9 Å². The number of ether oxygens (including phenoxy) is 1. The molecule has 0 atom stereocenters. The summed E-state index contributed by atoms with van der Waals surface area (Å²) in [6.07, 6.45) is 0. The first-order valence-corrected chi connectivity index (χ1v) is 7.09. The molecule has 0 fully saturated rings. The molecule has 0 saturated heterocycles. The van der Waals surface area contributed by atoms with Crippen LogP contribution in [0.3, 0.4) is 0 Å². The van der Waals surface area contributed by atoms with Crippen LogP contribution in [0.2, 0.25) is 0 Å². The quantitative estimate of drug-likeness (QED) is 0.755. The number of fused-ring (bicyclic) bond motifs is 1. The van der Waals surface area contributed by atoms with Gasteiger partial charge in [-0.1, -0.05) is 30.3 Å². The van der Waals surface area contributed by atoms with E-state index >= 15 is 0 Å². The molecule has 116 valence electrons. The number of aromatic amines is 1. The number of benzene rings is 2. The lowest BCUT2D eigenvalue weighted by Crippen LogP contribution is -2.16. The van der Waals surface area contributed by atoms with E-state index < -0.39 is 11.8 Å². The van der Waals surface area contributed by atoms with Crippen molar-refractivity contribution >= 4 is 16.9 Å². The van der Waals surface area contributed by atoms with Gasteiger partial charge in [-0.3, -0.25) is 4.79 Å². The molecule has 2 aromatic carbocycles. The number of aryl methyl sites for hydroxylation is 1. The first kappa shape index (κ1) is 15.0. The SMILES string of the molecule is Cc1cccc2cc(COC(=O)c3ccccc3F)c(=O)[nH]c12. The average Bonchev–Trinajstić information content (AvgIpc) is 2.54. The number of carbonyl (C=O) groups excluding carboxylic acids is 1. The minimum atomic E-state index is -0.799. The molecule has 1 aromatic heterocycles. The maximum atomic E-state index is 13.5. The molecule has 4 nitrogen and oxygen atoms in total. The molecule has 3 rings (SSSR count). The Morgan fingerprint density at radius 3 is 2.74 bits per heavy atom. The Balaban J connectivity index is 1.85. The van der Waals surface area contributed by atoms with Crippen LogP contribution in [-0.2, 0) is 11.3 Å². The number of esters is 1. The van der Waals surface area contributed by atoms with Crippen molar-refractivity contribution in [3.63, 3.8) is 0 Å². The Kier molecular flexibility index (Phi) is 3.93. The largest absolute Gasteiger partial charge is 0.457 e. The third-order valence-electron chi connectivity index (χ3n) is 3.62. The van der Waals surface area contributed by atoms with Gasteiger partial charge in [-0.2, -0.15) is 0 Å². The van der Waals surface area contributed by atoms with Gasteiger partial charge in [0.25, 0.3) is 5.56 Å². The van der Waals surface area contributed by atoms with Gasteiger partial charge < -0.3 is 9.72 Å². The zero-order valence-corrected chi connectivity index (χ0v) is 12.4. The van der Waals surface area contributed by atoms with Gasteiger partial charge in [-0.05, 0) is 36.1 Å². The second-order valence-corrected chi connectivity index (χ2v) is 5.22. The van der Waals surface area contributed by atoms with Crippen molar-refractivity contribution in [2.75, 3.05) is 0 Å². The molecule has 0 radical (unpaired) electrons. The van der Waals surface area contributed by atoms with E-state index in [0.717, 1.165) is 16.5 Å². The van der Waals surface area contributed by atoms with Crippen molar-refractivity contribution in [1.82, 2.24) is 4.98 Å². The van der Waals surface area contributed by atoms with Crippen molar-refractivity contribution in [3.05, 3.63) is 81.4 Å². The fourth-order valence-electron chi connectivity index (χ4n) is 2.38. The van der Waals surface area contributed by atoms with Crippen molar-refractivity contribution in [2.45, 2.75) is 13.5 Å². The Bertz CT molecular complexity index is 946. The molecule has 0 bridgehead atoms. The first-order valence-electron chi connectivity index (χ1n) is 7.09. The normalized spacial score (nSPS) is 10.7. The van der Waals surface area contributed by atoms with Gasteiger partial charge in [0.2, 0.25) is 0 Å². The van der Waals surface area contributed by atoms with E-state index in [1.807, 2.05) is 25.1 Å². The van der Waals surface area contributed by atoms with Crippen LogP contribution < -0.4 is 5.56 Å². The zero-order valence-electron chi connectivity index (χ0n) is 12.4. The Morgan fingerprint density at radius 2 is 1.96 bits per heavy atom. The number of hydrogen-bond donors (Lipinski definition) is 1. The Labute approximate surface area is 131 Å². The Hall–Kier alpha value is -2.95. The topological polar surface area (TPSA) is 59.2 Å². The number of rotatable bonds is 3. The summed E-state index contributed by atoms with van der Waals surface area (Å²) in [7, 11) is 0. The highest BCUT2D eigenvalue weighted by atomic mass is 19.1. The number of carbonyl (C=O) groups is 1. The molecule has 0 aliphatic rings. The molecular weight excluding hydrogens is 297 g/mol. The van der Waals surface area contributed by atoms with Crippen LogP contribution in [0.15, 0.2) is 53.3 Å². The van der Waals surface area contributed by atoms with E-state index in [2.05, 4.69) is 4.98 Å². The highest BCUT2D eigenvalue weighted by Gasteiger charge is 2.13. The minimum Gasteiger partial charge on any atom is -0.457 e. The fourth-order valence-corrected chi connectivity index (χ4v) is 2.38. The van der Waals surface area contributed by atoms with Crippen molar-refractivity contribution in [3.8, 4) is 0 Å². The van der Waals surface area contributed by atoms with Crippen LogP contribution in [-0.4, -0.2) is 11.0 Å². The number of H-pyrrole nitrogens is 1. The van der Waals surface area contributed by atoms with Gasteiger partial charge in [-0.15, -0.1) is 0 Å².